The minimum absolute atomic E-state index is 0.521. The van der Waals surface area contributed by atoms with Crippen LogP contribution in [0, 0.1) is 0 Å². The molecule has 0 spiro atoms. The number of hydrogen-bond acceptors (Lipinski definition) is 2. The fourth-order valence-corrected chi connectivity index (χ4v) is 5.52. The van der Waals surface area contributed by atoms with Crippen molar-refractivity contribution in [1.82, 2.24) is 0 Å². The number of nitrogens with zero attached hydrogens (tertiary/aromatic N) is 1. The van der Waals surface area contributed by atoms with E-state index < -0.39 is 13.3 Å². The van der Waals surface area contributed by atoms with E-state index in [1.165, 1.54) is 77.0 Å². The second-order valence-corrected chi connectivity index (χ2v) is 11.0. The molecule has 0 aromatic carbocycles. The van der Waals surface area contributed by atoms with Gasteiger partial charge in [-0.2, -0.15) is 0 Å². The van der Waals surface area contributed by atoms with E-state index in [0.717, 1.165) is 32.1 Å². The first-order valence-electron chi connectivity index (χ1n) is 12.4. The first-order valence-corrected chi connectivity index (χ1v) is 13.6. The van der Waals surface area contributed by atoms with E-state index in [1.54, 1.807) is 0 Å². The number of unbranched alkanes of at least 4 members (excludes halogenated alkanes) is 12. The van der Waals surface area contributed by atoms with Crippen LogP contribution in [0.5, 0.6) is 0 Å². The molecular formula is C25H51NO2P+. The van der Waals surface area contributed by atoms with Crippen molar-refractivity contribution in [3.05, 3.63) is 12.2 Å². The number of rotatable bonds is 20. The largest absolute Gasteiger partial charge is 0.590 e. The molecule has 29 heavy (non-hydrogen) atoms. The Kier molecular flexibility index (Phi) is 17.3. The number of allylic oxidation sites excluding steroid dienone is 2. The first kappa shape index (κ1) is 28.8. The van der Waals surface area contributed by atoms with Crippen molar-refractivity contribution in [2.24, 2.45) is 0 Å². The quantitative estimate of drug-likeness (QED) is 0.0861. The molecule has 0 bridgehead atoms. The first-order chi connectivity index (χ1) is 13.8. The fraction of sp³-hybridized carbons (Fsp3) is 0.920. The van der Waals surface area contributed by atoms with Crippen LogP contribution in [-0.4, -0.2) is 30.9 Å². The van der Waals surface area contributed by atoms with Crippen molar-refractivity contribution in [1.29, 1.82) is 0 Å². The molecule has 0 saturated heterocycles. The summed E-state index contributed by atoms with van der Waals surface area (Å²) in [5, 5.41) is -0.590. The van der Waals surface area contributed by atoms with Gasteiger partial charge in [0.15, 0.2) is 0 Å². The van der Waals surface area contributed by atoms with Crippen molar-refractivity contribution in [3.8, 4) is 0 Å². The molecule has 0 aromatic heterocycles. The van der Waals surface area contributed by atoms with E-state index >= 15 is 0 Å². The van der Waals surface area contributed by atoms with Gasteiger partial charge in [0.1, 0.15) is 0 Å². The van der Waals surface area contributed by atoms with Crippen LogP contribution >= 0.6 is 8.03 Å². The van der Waals surface area contributed by atoms with Crippen LogP contribution < -0.4 is 4.89 Å². The molecule has 172 valence electrons. The van der Waals surface area contributed by atoms with Gasteiger partial charge in [0.05, 0.1) is 21.1 Å². The summed E-state index contributed by atoms with van der Waals surface area (Å²) in [6.07, 6.45) is 25.2. The summed E-state index contributed by atoms with van der Waals surface area (Å²) in [7, 11) is 3.67. The molecule has 0 heterocycles. The van der Waals surface area contributed by atoms with E-state index in [4.69, 9.17) is 0 Å². The van der Waals surface area contributed by atoms with Crippen LogP contribution in [0.1, 0.15) is 123 Å². The van der Waals surface area contributed by atoms with Gasteiger partial charge in [-0.1, -0.05) is 88.4 Å². The van der Waals surface area contributed by atoms with Gasteiger partial charge in [-0.05, 0) is 38.5 Å². The molecule has 0 saturated carbocycles. The second-order valence-electron chi connectivity index (χ2n) is 9.69. The van der Waals surface area contributed by atoms with E-state index in [0.29, 0.717) is 4.48 Å². The molecule has 3 nitrogen and oxygen atoms in total. The van der Waals surface area contributed by atoms with Gasteiger partial charge in [0, 0.05) is 12.8 Å². The summed E-state index contributed by atoms with van der Waals surface area (Å²) >= 11 is 0. The third-order valence-electron chi connectivity index (χ3n) is 6.33. The minimum Gasteiger partial charge on any atom is -0.590 e. The lowest BCUT2D eigenvalue weighted by Gasteiger charge is -2.39. The van der Waals surface area contributed by atoms with Crippen LogP contribution in [-0.2, 0) is 4.57 Å². The highest BCUT2D eigenvalue weighted by Gasteiger charge is 2.53. The highest BCUT2D eigenvalue weighted by atomic mass is 31.1. The van der Waals surface area contributed by atoms with Gasteiger partial charge >= 0.3 is 8.03 Å². The average molecular weight is 429 g/mol. The lowest BCUT2D eigenvalue weighted by molar-refractivity contribution is -0.910. The number of quaternary nitrogens is 1. The molecule has 0 radical (unpaired) electrons. The Morgan fingerprint density at radius 3 is 1.55 bits per heavy atom. The third-order valence-corrected chi connectivity index (χ3v) is 8.05. The van der Waals surface area contributed by atoms with Crippen LogP contribution in [0.4, 0.5) is 0 Å². The van der Waals surface area contributed by atoms with E-state index in [9.17, 15) is 9.46 Å². The molecule has 0 rings (SSSR count). The van der Waals surface area contributed by atoms with E-state index in [2.05, 4.69) is 26.0 Å². The van der Waals surface area contributed by atoms with Gasteiger partial charge in [-0.3, -0.25) is 4.48 Å². The Hall–Kier alpha value is -0.240. The Morgan fingerprint density at radius 1 is 0.690 bits per heavy atom. The Labute approximate surface area is 183 Å². The van der Waals surface area contributed by atoms with Crippen LogP contribution in [0.15, 0.2) is 12.2 Å². The molecule has 0 aromatic rings. The van der Waals surface area contributed by atoms with Gasteiger partial charge in [0.25, 0.3) is 5.28 Å². The van der Waals surface area contributed by atoms with E-state index in [-0.39, 0.29) is 0 Å². The van der Waals surface area contributed by atoms with Gasteiger partial charge < -0.3 is 4.89 Å². The van der Waals surface area contributed by atoms with Crippen molar-refractivity contribution < 1.29 is 13.9 Å². The van der Waals surface area contributed by atoms with Crippen molar-refractivity contribution in [3.63, 3.8) is 0 Å². The van der Waals surface area contributed by atoms with Gasteiger partial charge in [-0.15, -0.1) is 0 Å². The lowest BCUT2D eigenvalue weighted by atomic mass is 9.99. The maximum Gasteiger partial charge on any atom is 0.376 e. The molecule has 0 amide bonds. The molecule has 0 fully saturated rings. The number of hydrogen-bond donors (Lipinski definition) is 0. The van der Waals surface area contributed by atoms with Gasteiger partial charge in [0.2, 0.25) is 0 Å². The second kappa shape index (κ2) is 17.4. The highest BCUT2D eigenvalue weighted by molar-refractivity contribution is 7.38. The molecule has 2 unspecified atom stereocenters. The summed E-state index contributed by atoms with van der Waals surface area (Å²) < 4.78 is 12.6. The predicted octanol–water partition coefficient (Wildman–Crippen LogP) is 7.72. The van der Waals surface area contributed by atoms with E-state index in [1.807, 2.05) is 21.1 Å². The molecule has 0 N–H and O–H groups in total. The van der Waals surface area contributed by atoms with Crippen LogP contribution in [0.25, 0.3) is 0 Å². The smallest absolute Gasteiger partial charge is 0.376 e. The van der Waals surface area contributed by atoms with Crippen LogP contribution in [0.3, 0.4) is 0 Å². The highest BCUT2D eigenvalue weighted by Crippen LogP contribution is 2.45. The fourth-order valence-electron chi connectivity index (χ4n) is 4.28. The molecule has 2 atom stereocenters. The normalized spacial score (nSPS) is 15.0. The molecule has 0 aliphatic rings. The van der Waals surface area contributed by atoms with Crippen LogP contribution in [0.2, 0.25) is 0 Å². The predicted molar refractivity (Wildman–Crippen MR) is 127 cm³/mol. The Morgan fingerprint density at radius 2 is 1.14 bits per heavy atom. The molecule has 0 aliphatic heterocycles. The Balaban J connectivity index is 3.74. The maximum absolute atomic E-state index is 12.1. The van der Waals surface area contributed by atoms with Gasteiger partial charge in [-0.25, -0.2) is 0 Å². The summed E-state index contributed by atoms with van der Waals surface area (Å²) in [5.41, 5.74) is 0. The zero-order valence-corrected chi connectivity index (χ0v) is 21.3. The molecule has 4 heteroatoms. The standard InChI is InChI=1S/C25H51NO2P/c1-6-8-9-10-11-12-13-14-15-16-17-18-19-20-21-22-24-25(23-7-2,29(27)28)26(3,4)5/h12-13H,6-11,14-24H2,1-5H3/q+1/b13-12-. The summed E-state index contributed by atoms with van der Waals surface area (Å²) in [5.74, 6) is 0. The minimum atomic E-state index is -2.42. The Bertz CT molecular complexity index is 431. The summed E-state index contributed by atoms with van der Waals surface area (Å²) in [6.45, 7) is 4.35. The molecule has 0 aliphatic carbocycles. The van der Waals surface area contributed by atoms with Crippen molar-refractivity contribution >= 4 is 8.03 Å². The average Bonchev–Trinajstić information content (AvgIpc) is 2.65. The van der Waals surface area contributed by atoms with Crippen molar-refractivity contribution in [2.45, 2.75) is 128 Å². The molecular weight excluding hydrogens is 377 g/mol. The third kappa shape index (κ3) is 12.9. The lowest BCUT2D eigenvalue weighted by Crippen LogP contribution is -2.55. The summed E-state index contributed by atoms with van der Waals surface area (Å²) in [6, 6.07) is 0. The topological polar surface area (TPSA) is 40.1 Å². The summed E-state index contributed by atoms with van der Waals surface area (Å²) in [4.78, 5) is 12.1. The zero-order valence-electron chi connectivity index (χ0n) is 20.4. The maximum atomic E-state index is 12.1. The monoisotopic (exact) mass is 428 g/mol. The van der Waals surface area contributed by atoms with Crippen molar-refractivity contribution in [2.75, 3.05) is 21.1 Å². The SMILES string of the molecule is CCCCCC/C=C\CCCCCCCCCCC(CCC)([P+](=O)[O-])[N+](C)(C)C. The zero-order chi connectivity index (χ0) is 22.0.